The van der Waals surface area contributed by atoms with Gasteiger partial charge in [-0.2, -0.15) is 0 Å². The van der Waals surface area contributed by atoms with Crippen LogP contribution in [0, 0.1) is 0 Å². The number of rotatable bonds is 3. The quantitative estimate of drug-likeness (QED) is 0.615. The maximum atomic E-state index is 11.1. The number of ketones is 1. The van der Waals surface area contributed by atoms with E-state index in [0.717, 1.165) is 11.3 Å². The molecule has 0 aliphatic carbocycles. The molecule has 80 valence electrons. The van der Waals surface area contributed by atoms with E-state index >= 15 is 0 Å². The highest BCUT2D eigenvalue weighted by Crippen LogP contribution is 2.28. The molecule has 0 aliphatic rings. The Bertz CT molecular complexity index is 442. The van der Waals surface area contributed by atoms with Gasteiger partial charge in [0.1, 0.15) is 5.00 Å². The molecule has 1 heterocycles. The Morgan fingerprint density at radius 1 is 1.47 bits per heavy atom. The van der Waals surface area contributed by atoms with Crippen LogP contribution in [0.1, 0.15) is 17.4 Å². The second-order valence-electron chi connectivity index (χ2n) is 2.46. The number of hydrogen-bond acceptors (Lipinski definition) is 5. The summed E-state index contributed by atoms with van der Waals surface area (Å²) < 4.78 is -0.0108. The van der Waals surface area contributed by atoms with Gasteiger partial charge in [0.05, 0.1) is 0 Å². The number of carboxylic acid groups (broad SMARTS) is 1. The van der Waals surface area contributed by atoms with E-state index < -0.39 is 17.7 Å². The van der Waals surface area contributed by atoms with Gasteiger partial charge in [0.15, 0.2) is 10.2 Å². The molecule has 1 rings (SSSR count). The van der Waals surface area contributed by atoms with Gasteiger partial charge in [0.2, 0.25) is 5.91 Å². The minimum atomic E-state index is -1.65. The highest BCUT2D eigenvalue weighted by atomic mass is 35.5. The van der Waals surface area contributed by atoms with Crippen LogP contribution < -0.4 is 5.32 Å². The first-order chi connectivity index (χ1) is 6.91. The molecular weight excluding hydrogens is 244 g/mol. The number of aromatic nitrogens is 1. The Hall–Kier alpha value is -1.47. The van der Waals surface area contributed by atoms with E-state index in [4.69, 9.17) is 16.7 Å². The minimum Gasteiger partial charge on any atom is -0.475 e. The van der Waals surface area contributed by atoms with Crippen LogP contribution in [0.3, 0.4) is 0 Å². The van der Waals surface area contributed by atoms with Crippen molar-refractivity contribution in [1.29, 1.82) is 0 Å². The van der Waals surface area contributed by atoms with Gasteiger partial charge in [-0.25, -0.2) is 9.78 Å². The van der Waals surface area contributed by atoms with Crippen molar-refractivity contribution in [1.82, 2.24) is 4.98 Å². The highest BCUT2D eigenvalue weighted by molar-refractivity contribution is 7.20. The number of carbonyl (C=O) groups excluding carboxylic acids is 2. The van der Waals surface area contributed by atoms with Gasteiger partial charge in [-0.15, -0.1) is 0 Å². The molecule has 0 aromatic carbocycles. The summed E-state index contributed by atoms with van der Waals surface area (Å²) in [5.74, 6) is -3.29. The lowest BCUT2D eigenvalue weighted by Gasteiger charge is -1.98. The predicted octanol–water partition coefficient (Wildman–Crippen LogP) is 1.02. The fraction of sp³-hybridized carbons (Fsp3) is 0.143. The maximum Gasteiger partial charge on any atom is 0.379 e. The van der Waals surface area contributed by atoms with Crippen molar-refractivity contribution in [2.75, 3.05) is 5.32 Å². The number of halogens is 1. The van der Waals surface area contributed by atoms with Crippen molar-refractivity contribution in [3.8, 4) is 0 Å². The lowest BCUT2D eigenvalue weighted by atomic mass is 10.3. The summed E-state index contributed by atoms with van der Waals surface area (Å²) in [6.07, 6.45) is 0. The molecular formula is C7H5ClN2O4S. The van der Waals surface area contributed by atoms with E-state index in [1.54, 1.807) is 0 Å². The number of hydrogen-bond donors (Lipinski definition) is 2. The number of anilines is 1. The van der Waals surface area contributed by atoms with Crippen molar-refractivity contribution >= 4 is 45.6 Å². The number of carboxylic acids is 1. The average molecular weight is 249 g/mol. The molecule has 0 saturated heterocycles. The topological polar surface area (TPSA) is 96.4 Å². The molecule has 0 bridgehead atoms. The fourth-order valence-electron chi connectivity index (χ4n) is 0.794. The normalized spacial score (nSPS) is 9.73. The second kappa shape index (κ2) is 4.37. The zero-order valence-electron chi connectivity index (χ0n) is 7.41. The molecule has 6 nitrogen and oxygen atoms in total. The molecule has 0 unspecified atom stereocenters. The Labute approximate surface area is 92.9 Å². The highest BCUT2D eigenvalue weighted by Gasteiger charge is 2.23. The van der Waals surface area contributed by atoms with Crippen LogP contribution in [0.4, 0.5) is 5.00 Å². The lowest BCUT2D eigenvalue weighted by Crippen LogP contribution is -2.16. The molecule has 1 aromatic heterocycles. The number of nitrogens with one attached hydrogen (secondary N) is 1. The lowest BCUT2D eigenvalue weighted by molar-refractivity contribution is -0.131. The van der Waals surface area contributed by atoms with E-state index in [1.165, 1.54) is 6.92 Å². The molecule has 0 atom stereocenters. The Balaban J connectivity index is 3.11. The molecule has 2 N–H and O–H groups in total. The van der Waals surface area contributed by atoms with E-state index in [0.29, 0.717) is 0 Å². The van der Waals surface area contributed by atoms with Gasteiger partial charge in [-0.3, -0.25) is 9.59 Å². The molecule has 1 aromatic rings. The summed E-state index contributed by atoms with van der Waals surface area (Å²) in [5, 5.41) is 10.8. The first-order valence-corrected chi connectivity index (χ1v) is 4.82. The number of amides is 1. The van der Waals surface area contributed by atoms with Crippen LogP contribution in [0.15, 0.2) is 0 Å². The van der Waals surface area contributed by atoms with E-state index in [2.05, 4.69) is 10.3 Å². The van der Waals surface area contributed by atoms with Crippen LogP contribution in [-0.4, -0.2) is 27.8 Å². The van der Waals surface area contributed by atoms with Gasteiger partial charge >= 0.3 is 5.97 Å². The average Bonchev–Trinajstić information content (AvgIpc) is 2.44. The van der Waals surface area contributed by atoms with E-state index in [9.17, 15) is 14.4 Å². The molecule has 0 aliphatic heterocycles. The number of nitrogens with zero attached hydrogens (tertiary/aromatic N) is 1. The zero-order valence-corrected chi connectivity index (χ0v) is 8.98. The SMILES string of the molecule is CC(=O)Nc1sc(Cl)nc1C(=O)C(=O)O. The minimum absolute atomic E-state index is 0.0108. The Morgan fingerprint density at radius 2 is 2.07 bits per heavy atom. The molecule has 0 fully saturated rings. The summed E-state index contributed by atoms with van der Waals surface area (Å²) in [6.45, 7) is 1.22. The largest absolute Gasteiger partial charge is 0.475 e. The van der Waals surface area contributed by atoms with Crippen molar-refractivity contribution in [2.45, 2.75) is 6.92 Å². The van der Waals surface area contributed by atoms with E-state index in [1.807, 2.05) is 0 Å². The van der Waals surface area contributed by atoms with Crippen LogP contribution in [0.25, 0.3) is 0 Å². The van der Waals surface area contributed by atoms with Crippen molar-refractivity contribution in [2.24, 2.45) is 0 Å². The van der Waals surface area contributed by atoms with Crippen LogP contribution in [-0.2, 0) is 9.59 Å². The summed E-state index contributed by atoms with van der Waals surface area (Å²) in [4.78, 5) is 35.8. The van der Waals surface area contributed by atoms with Crippen LogP contribution in [0.5, 0.6) is 0 Å². The van der Waals surface area contributed by atoms with Crippen LogP contribution >= 0.6 is 22.9 Å². The molecule has 15 heavy (non-hydrogen) atoms. The number of aliphatic carboxylic acids is 1. The van der Waals surface area contributed by atoms with Crippen molar-refractivity contribution < 1.29 is 19.5 Å². The Morgan fingerprint density at radius 3 is 2.53 bits per heavy atom. The van der Waals surface area contributed by atoms with Crippen molar-refractivity contribution in [3.05, 3.63) is 10.2 Å². The van der Waals surface area contributed by atoms with Crippen molar-refractivity contribution in [3.63, 3.8) is 0 Å². The Kier molecular flexibility index (Phi) is 3.38. The zero-order chi connectivity index (χ0) is 11.6. The molecule has 0 saturated carbocycles. The summed E-state index contributed by atoms with van der Waals surface area (Å²) in [5.41, 5.74) is -0.354. The van der Waals surface area contributed by atoms with Gasteiger partial charge < -0.3 is 10.4 Å². The fourth-order valence-corrected chi connectivity index (χ4v) is 1.84. The molecule has 0 spiro atoms. The third-order valence-electron chi connectivity index (χ3n) is 1.30. The first-order valence-electron chi connectivity index (χ1n) is 3.63. The third-order valence-corrected chi connectivity index (χ3v) is 2.38. The predicted molar refractivity (Wildman–Crippen MR) is 53.4 cm³/mol. The first kappa shape index (κ1) is 11.6. The van der Waals surface area contributed by atoms with Gasteiger partial charge in [-0.1, -0.05) is 22.9 Å². The summed E-state index contributed by atoms with van der Waals surface area (Å²) >= 11 is 6.34. The summed E-state index contributed by atoms with van der Waals surface area (Å²) in [7, 11) is 0. The molecule has 8 heteroatoms. The van der Waals surface area contributed by atoms with Gasteiger partial charge in [0.25, 0.3) is 5.78 Å². The van der Waals surface area contributed by atoms with Gasteiger partial charge in [0, 0.05) is 6.92 Å². The third kappa shape index (κ3) is 2.74. The number of carbonyl (C=O) groups is 3. The maximum absolute atomic E-state index is 11.1. The molecule has 0 radical (unpaired) electrons. The second-order valence-corrected chi connectivity index (χ2v) is 4.04. The standard InChI is InChI=1S/C7H5ClN2O4S/c1-2(11)9-5-3(4(12)6(13)14)10-7(8)15-5/h1H3,(H,9,11)(H,13,14). The van der Waals surface area contributed by atoms with E-state index in [-0.39, 0.29) is 15.2 Å². The monoisotopic (exact) mass is 248 g/mol. The smallest absolute Gasteiger partial charge is 0.379 e. The number of thiazole rings is 1. The van der Waals surface area contributed by atoms with Gasteiger partial charge in [-0.05, 0) is 0 Å². The van der Waals surface area contributed by atoms with Crippen LogP contribution in [0.2, 0.25) is 4.47 Å². The molecule has 1 amide bonds. The number of Topliss-reactive ketones (excluding diaryl/α,β-unsaturated/α-hetero) is 1. The summed E-state index contributed by atoms with van der Waals surface area (Å²) in [6, 6.07) is 0.